The number of carbonyl (C=O) groups is 1. The van der Waals surface area contributed by atoms with E-state index in [9.17, 15) is 13.6 Å². The number of anilines is 2. The van der Waals surface area contributed by atoms with Gasteiger partial charge in [0.1, 0.15) is 0 Å². The number of carbonyl (C=O) groups excluding carboxylic acids is 1. The average Bonchev–Trinajstić information content (AvgIpc) is 2.31. The van der Waals surface area contributed by atoms with Crippen molar-refractivity contribution in [1.82, 2.24) is 0 Å². The standard InChI is InChI=1S/C12H16F2N2O2/c1-2-18-11(17)5-6-16-10-4-3-8(15)7-9(10)12(13)14/h3-4,7,12,16H,2,5-6,15H2,1H3. The van der Waals surface area contributed by atoms with Crippen LogP contribution in [0.4, 0.5) is 20.2 Å². The second-order valence-corrected chi connectivity index (χ2v) is 3.63. The van der Waals surface area contributed by atoms with E-state index in [1.165, 1.54) is 18.2 Å². The minimum absolute atomic E-state index is 0.126. The van der Waals surface area contributed by atoms with Crippen LogP contribution in [0.5, 0.6) is 0 Å². The van der Waals surface area contributed by atoms with Crippen molar-refractivity contribution in [3.63, 3.8) is 0 Å². The van der Waals surface area contributed by atoms with Gasteiger partial charge in [-0.05, 0) is 25.1 Å². The zero-order valence-electron chi connectivity index (χ0n) is 10.1. The topological polar surface area (TPSA) is 64.3 Å². The Balaban J connectivity index is 2.59. The van der Waals surface area contributed by atoms with E-state index in [2.05, 4.69) is 5.32 Å². The Morgan fingerprint density at radius 3 is 2.83 bits per heavy atom. The van der Waals surface area contributed by atoms with Crippen LogP contribution in [0.1, 0.15) is 25.3 Å². The molecule has 0 unspecified atom stereocenters. The molecule has 0 radical (unpaired) electrons. The highest BCUT2D eigenvalue weighted by Gasteiger charge is 2.13. The lowest BCUT2D eigenvalue weighted by molar-refractivity contribution is -0.142. The van der Waals surface area contributed by atoms with Crippen LogP contribution < -0.4 is 11.1 Å². The summed E-state index contributed by atoms with van der Waals surface area (Å²) < 4.78 is 30.2. The minimum Gasteiger partial charge on any atom is -0.466 e. The molecule has 4 nitrogen and oxygen atoms in total. The van der Waals surface area contributed by atoms with Crippen molar-refractivity contribution in [1.29, 1.82) is 0 Å². The molecule has 6 heteroatoms. The van der Waals surface area contributed by atoms with Crippen LogP contribution in [0.2, 0.25) is 0 Å². The first-order valence-electron chi connectivity index (χ1n) is 5.61. The quantitative estimate of drug-likeness (QED) is 0.608. The van der Waals surface area contributed by atoms with Crippen LogP contribution in [0.3, 0.4) is 0 Å². The lowest BCUT2D eigenvalue weighted by Gasteiger charge is -2.12. The summed E-state index contributed by atoms with van der Waals surface area (Å²) >= 11 is 0. The van der Waals surface area contributed by atoms with Gasteiger partial charge in [0, 0.05) is 23.5 Å². The molecular weight excluding hydrogens is 242 g/mol. The Hall–Kier alpha value is -1.85. The second-order valence-electron chi connectivity index (χ2n) is 3.63. The highest BCUT2D eigenvalue weighted by atomic mass is 19.3. The first-order valence-corrected chi connectivity index (χ1v) is 5.61. The summed E-state index contributed by atoms with van der Waals surface area (Å²) in [7, 11) is 0. The van der Waals surface area contributed by atoms with Crippen LogP contribution in [-0.4, -0.2) is 19.1 Å². The molecule has 0 aliphatic heterocycles. The van der Waals surface area contributed by atoms with Gasteiger partial charge >= 0.3 is 5.97 Å². The molecule has 0 aliphatic rings. The van der Waals surface area contributed by atoms with Crippen LogP contribution in [0.25, 0.3) is 0 Å². The van der Waals surface area contributed by atoms with E-state index >= 15 is 0 Å². The largest absolute Gasteiger partial charge is 0.466 e. The number of alkyl halides is 2. The van der Waals surface area contributed by atoms with Gasteiger partial charge in [0.25, 0.3) is 6.43 Å². The smallest absolute Gasteiger partial charge is 0.307 e. The zero-order valence-corrected chi connectivity index (χ0v) is 10.1. The molecule has 0 bridgehead atoms. The number of esters is 1. The molecule has 0 amide bonds. The second kappa shape index (κ2) is 6.78. The maximum atomic E-state index is 12.7. The van der Waals surface area contributed by atoms with Crippen molar-refractivity contribution >= 4 is 17.3 Å². The van der Waals surface area contributed by atoms with Gasteiger partial charge in [0.15, 0.2) is 0 Å². The molecule has 3 N–H and O–H groups in total. The number of nitrogens with two attached hydrogens (primary N) is 1. The molecule has 0 spiro atoms. The van der Waals surface area contributed by atoms with E-state index in [1.807, 2.05) is 0 Å². The molecule has 0 atom stereocenters. The van der Waals surface area contributed by atoms with Gasteiger partial charge < -0.3 is 15.8 Å². The summed E-state index contributed by atoms with van der Waals surface area (Å²) in [5.74, 6) is -0.362. The van der Waals surface area contributed by atoms with Crippen LogP contribution >= 0.6 is 0 Å². The highest BCUT2D eigenvalue weighted by Crippen LogP contribution is 2.28. The van der Waals surface area contributed by atoms with Crippen LogP contribution in [0, 0.1) is 0 Å². The molecule has 0 saturated carbocycles. The van der Waals surface area contributed by atoms with Gasteiger partial charge in [0.2, 0.25) is 0 Å². The number of halogens is 2. The number of ether oxygens (including phenoxy) is 1. The maximum Gasteiger partial charge on any atom is 0.307 e. The van der Waals surface area contributed by atoms with E-state index in [-0.39, 0.29) is 35.9 Å². The number of nitrogens with one attached hydrogen (secondary N) is 1. The summed E-state index contributed by atoms with van der Waals surface area (Å²) in [4.78, 5) is 11.1. The molecule has 0 fully saturated rings. The summed E-state index contributed by atoms with van der Waals surface area (Å²) in [5, 5.41) is 2.77. The van der Waals surface area contributed by atoms with Crippen molar-refractivity contribution in [2.75, 3.05) is 24.2 Å². The third-order valence-corrected chi connectivity index (χ3v) is 2.26. The first kappa shape index (κ1) is 14.2. The normalized spacial score (nSPS) is 10.4. The molecule has 18 heavy (non-hydrogen) atoms. The van der Waals surface area contributed by atoms with Gasteiger partial charge in [-0.25, -0.2) is 8.78 Å². The average molecular weight is 258 g/mol. The minimum atomic E-state index is -2.61. The van der Waals surface area contributed by atoms with Gasteiger partial charge in [-0.2, -0.15) is 0 Å². The van der Waals surface area contributed by atoms with E-state index in [1.54, 1.807) is 6.92 Å². The number of hydrogen-bond donors (Lipinski definition) is 2. The fraction of sp³-hybridized carbons (Fsp3) is 0.417. The fourth-order valence-electron chi connectivity index (χ4n) is 1.46. The number of hydrogen-bond acceptors (Lipinski definition) is 4. The summed E-state index contributed by atoms with van der Waals surface area (Å²) in [5.41, 5.74) is 5.84. The summed E-state index contributed by atoms with van der Waals surface area (Å²) in [6.45, 7) is 2.26. The molecular formula is C12H16F2N2O2. The monoisotopic (exact) mass is 258 g/mol. The van der Waals surface area contributed by atoms with Crippen molar-refractivity contribution < 1.29 is 18.3 Å². The highest BCUT2D eigenvalue weighted by molar-refractivity contribution is 5.70. The molecule has 0 aliphatic carbocycles. The van der Waals surface area contributed by atoms with Gasteiger partial charge in [-0.1, -0.05) is 0 Å². The fourth-order valence-corrected chi connectivity index (χ4v) is 1.46. The molecule has 1 aromatic rings. The third-order valence-electron chi connectivity index (χ3n) is 2.26. The Morgan fingerprint density at radius 1 is 1.50 bits per heavy atom. The Morgan fingerprint density at radius 2 is 2.22 bits per heavy atom. The zero-order chi connectivity index (χ0) is 13.5. The third kappa shape index (κ3) is 4.20. The van der Waals surface area contributed by atoms with E-state index in [4.69, 9.17) is 10.5 Å². The van der Waals surface area contributed by atoms with Crippen molar-refractivity contribution in [2.45, 2.75) is 19.8 Å². The molecule has 1 aromatic carbocycles. The molecule has 0 saturated heterocycles. The van der Waals surface area contributed by atoms with Gasteiger partial charge in [-0.3, -0.25) is 4.79 Å². The number of benzene rings is 1. The van der Waals surface area contributed by atoms with E-state index in [0.29, 0.717) is 6.61 Å². The predicted molar refractivity (Wildman–Crippen MR) is 65.6 cm³/mol. The Bertz CT molecular complexity index is 411. The number of rotatable bonds is 6. The van der Waals surface area contributed by atoms with E-state index < -0.39 is 6.43 Å². The van der Waals surface area contributed by atoms with Crippen LogP contribution in [0.15, 0.2) is 18.2 Å². The van der Waals surface area contributed by atoms with Crippen molar-refractivity contribution in [2.24, 2.45) is 0 Å². The Labute approximate surface area is 104 Å². The summed E-state index contributed by atoms with van der Waals surface area (Å²) in [6, 6.07) is 4.22. The SMILES string of the molecule is CCOC(=O)CCNc1ccc(N)cc1C(F)F. The summed E-state index contributed by atoms with van der Waals surface area (Å²) in [6.07, 6.45) is -2.49. The molecule has 0 aromatic heterocycles. The lowest BCUT2D eigenvalue weighted by Crippen LogP contribution is -2.12. The van der Waals surface area contributed by atoms with Crippen molar-refractivity contribution in [3.8, 4) is 0 Å². The lowest BCUT2D eigenvalue weighted by atomic mass is 10.1. The Kier molecular flexibility index (Phi) is 5.35. The first-order chi connectivity index (χ1) is 8.54. The van der Waals surface area contributed by atoms with Crippen molar-refractivity contribution in [3.05, 3.63) is 23.8 Å². The van der Waals surface area contributed by atoms with Gasteiger partial charge in [-0.15, -0.1) is 0 Å². The maximum absolute atomic E-state index is 12.7. The molecule has 1 rings (SSSR count). The van der Waals surface area contributed by atoms with E-state index in [0.717, 1.165) is 0 Å². The molecule has 0 heterocycles. The number of nitrogen functional groups attached to an aromatic ring is 1. The molecule has 100 valence electrons. The van der Waals surface area contributed by atoms with Gasteiger partial charge in [0.05, 0.1) is 13.0 Å². The predicted octanol–water partition coefficient (Wildman–Crippen LogP) is 2.57. The van der Waals surface area contributed by atoms with Crippen LogP contribution in [-0.2, 0) is 9.53 Å².